The Kier molecular flexibility index (Phi) is 4.56. The number of rotatable bonds is 5. The lowest BCUT2D eigenvalue weighted by Gasteiger charge is -2.30. The van der Waals surface area contributed by atoms with Gasteiger partial charge in [0.05, 0.1) is 12.2 Å². The van der Waals surface area contributed by atoms with Crippen molar-refractivity contribution in [3.8, 4) is 0 Å². The van der Waals surface area contributed by atoms with Crippen LogP contribution in [0.3, 0.4) is 0 Å². The van der Waals surface area contributed by atoms with Gasteiger partial charge in [0.1, 0.15) is 5.76 Å². The smallest absolute Gasteiger partial charge is 0.279 e. The summed E-state index contributed by atoms with van der Waals surface area (Å²) in [6, 6.07) is 1.69. The molecule has 0 bridgehead atoms. The van der Waals surface area contributed by atoms with E-state index in [0.29, 0.717) is 24.5 Å². The van der Waals surface area contributed by atoms with E-state index in [4.69, 9.17) is 9.63 Å². The quantitative estimate of drug-likeness (QED) is 0.797. The molecule has 0 aromatic carbocycles. The highest BCUT2D eigenvalue weighted by atomic mass is 32.2. The predicted molar refractivity (Wildman–Crippen MR) is 68.4 cm³/mol. The van der Waals surface area contributed by atoms with E-state index < -0.39 is 10.2 Å². The largest absolute Gasteiger partial charge is 0.396 e. The number of aryl methyl sites for hydroxylation is 1. The van der Waals surface area contributed by atoms with E-state index in [1.54, 1.807) is 13.0 Å². The lowest BCUT2D eigenvalue weighted by atomic mass is 10.0. The molecule has 0 amide bonds. The molecule has 2 heterocycles. The number of nitrogens with zero attached hydrogens (tertiary/aromatic N) is 2. The fraction of sp³-hybridized carbons (Fsp3) is 0.727. The Balaban J connectivity index is 1.94. The van der Waals surface area contributed by atoms with Crippen LogP contribution >= 0.6 is 0 Å². The van der Waals surface area contributed by atoms with Crippen LogP contribution in [0, 0.1) is 12.8 Å². The summed E-state index contributed by atoms with van der Waals surface area (Å²) in [5.74, 6) is 0.673. The Morgan fingerprint density at radius 3 is 3.05 bits per heavy atom. The molecule has 1 atom stereocenters. The zero-order valence-electron chi connectivity index (χ0n) is 10.9. The molecule has 0 spiro atoms. The molecule has 19 heavy (non-hydrogen) atoms. The van der Waals surface area contributed by atoms with Crippen LogP contribution in [0.5, 0.6) is 0 Å². The van der Waals surface area contributed by atoms with Crippen LogP contribution in [0.4, 0.5) is 0 Å². The summed E-state index contributed by atoms with van der Waals surface area (Å²) < 4.78 is 33.0. The molecule has 1 aromatic rings. The molecule has 1 aromatic heterocycles. The van der Waals surface area contributed by atoms with Gasteiger partial charge in [0.2, 0.25) is 0 Å². The number of piperidine rings is 1. The zero-order valence-corrected chi connectivity index (χ0v) is 11.7. The van der Waals surface area contributed by atoms with Crippen molar-refractivity contribution in [2.45, 2.75) is 26.3 Å². The van der Waals surface area contributed by atoms with E-state index >= 15 is 0 Å². The molecule has 1 saturated heterocycles. The van der Waals surface area contributed by atoms with Crippen LogP contribution in [0.25, 0.3) is 0 Å². The maximum absolute atomic E-state index is 12.1. The third-order valence-electron chi connectivity index (χ3n) is 3.19. The van der Waals surface area contributed by atoms with Gasteiger partial charge in [-0.15, -0.1) is 0 Å². The SMILES string of the molecule is Cc1cc(CNS(=O)(=O)N2CCCC(CO)C2)no1. The topological polar surface area (TPSA) is 95.7 Å². The van der Waals surface area contributed by atoms with Crippen molar-refractivity contribution in [1.29, 1.82) is 0 Å². The van der Waals surface area contributed by atoms with Gasteiger partial charge in [0.25, 0.3) is 10.2 Å². The van der Waals surface area contributed by atoms with Crippen LogP contribution in [0.2, 0.25) is 0 Å². The van der Waals surface area contributed by atoms with Gasteiger partial charge >= 0.3 is 0 Å². The maximum Gasteiger partial charge on any atom is 0.279 e. The van der Waals surface area contributed by atoms with E-state index in [-0.39, 0.29) is 19.1 Å². The summed E-state index contributed by atoms with van der Waals surface area (Å²) in [6.45, 7) is 2.74. The highest BCUT2D eigenvalue weighted by molar-refractivity contribution is 7.87. The Labute approximate surface area is 112 Å². The molecule has 0 radical (unpaired) electrons. The van der Waals surface area contributed by atoms with E-state index in [0.717, 1.165) is 12.8 Å². The first-order chi connectivity index (χ1) is 9.01. The van der Waals surface area contributed by atoms with Gasteiger partial charge in [-0.2, -0.15) is 17.4 Å². The Hall–Kier alpha value is -0.960. The second-order valence-corrected chi connectivity index (χ2v) is 6.56. The van der Waals surface area contributed by atoms with Gasteiger partial charge in [-0.1, -0.05) is 5.16 Å². The average molecular weight is 289 g/mol. The molecule has 108 valence electrons. The maximum atomic E-state index is 12.1. The number of aliphatic hydroxyl groups is 1. The zero-order chi connectivity index (χ0) is 13.9. The van der Waals surface area contributed by atoms with Crippen LogP contribution in [-0.2, 0) is 16.8 Å². The summed E-state index contributed by atoms with van der Waals surface area (Å²) in [5.41, 5.74) is 0.553. The minimum Gasteiger partial charge on any atom is -0.396 e. The van der Waals surface area contributed by atoms with Crippen molar-refractivity contribution in [2.75, 3.05) is 19.7 Å². The molecular formula is C11H19N3O4S. The fourth-order valence-electron chi connectivity index (χ4n) is 2.15. The lowest BCUT2D eigenvalue weighted by Crippen LogP contribution is -2.46. The number of aliphatic hydroxyl groups excluding tert-OH is 1. The monoisotopic (exact) mass is 289 g/mol. The van der Waals surface area contributed by atoms with Gasteiger partial charge in [0.15, 0.2) is 0 Å². The summed E-state index contributed by atoms with van der Waals surface area (Å²) in [6.07, 6.45) is 1.64. The fourth-order valence-corrected chi connectivity index (χ4v) is 3.44. The summed E-state index contributed by atoms with van der Waals surface area (Å²) in [4.78, 5) is 0. The van der Waals surface area contributed by atoms with Crippen LogP contribution in [-0.4, -0.2) is 42.7 Å². The second kappa shape index (κ2) is 6.00. The Morgan fingerprint density at radius 1 is 1.63 bits per heavy atom. The highest BCUT2D eigenvalue weighted by Crippen LogP contribution is 2.18. The molecule has 1 aliphatic rings. The molecule has 7 nitrogen and oxygen atoms in total. The van der Waals surface area contributed by atoms with E-state index in [1.165, 1.54) is 4.31 Å². The molecule has 1 fully saturated rings. The number of nitrogens with one attached hydrogen (secondary N) is 1. The minimum atomic E-state index is -3.52. The molecule has 0 saturated carbocycles. The molecule has 2 rings (SSSR count). The van der Waals surface area contributed by atoms with Crippen LogP contribution in [0.1, 0.15) is 24.3 Å². The molecule has 0 aliphatic carbocycles. The van der Waals surface area contributed by atoms with Crippen molar-refractivity contribution >= 4 is 10.2 Å². The molecule has 8 heteroatoms. The van der Waals surface area contributed by atoms with Crippen LogP contribution < -0.4 is 4.72 Å². The lowest BCUT2D eigenvalue weighted by molar-refractivity contribution is 0.164. The molecule has 1 unspecified atom stereocenters. The summed E-state index contributed by atoms with van der Waals surface area (Å²) >= 11 is 0. The molecular weight excluding hydrogens is 270 g/mol. The Morgan fingerprint density at radius 2 is 2.42 bits per heavy atom. The molecule has 1 aliphatic heterocycles. The summed E-state index contributed by atoms with van der Waals surface area (Å²) in [5, 5.41) is 12.9. The average Bonchev–Trinajstić information content (AvgIpc) is 2.82. The number of aromatic nitrogens is 1. The van der Waals surface area contributed by atoms with Gasteiger partial charge in [-0.3, -0.25) is 0 Å². The van der Waals surface area contributed by atoms with Crippen molar-refractivity contribution in [3.05, 3.63) is 17.5 Å². The van der Waals surface area contributed by atoms with E-state index in [2.05, 4.69) is 9.88 Å². The normalized spacial score (nSPS) is 21.7. The first-order valence-corrected chi connectivity index (χ1v) is 7.73. The van der Waals surface area contributed by atoms with Gasteiger partial charge in [-0.25, -0.2) is 0 Å². The van der Waals surface area contributed by atoms with E-state index in [9.17, 15) is 8.42 Å². The summed E-state index contributed by atoms with van der Waals surface area (Å²) in [7, 11) is -3.52. The van der Waals surface area contributed by atoms with Crippen molar-refractivity contribution in [3.63, 3.8) is 0 Å². The predicted octanol–water partition coefficient (Wildman–Crippen LogP) is 0.0217. The first-order valence-electron chi connectivity index (χ1n) is 6.29. The third kappa shape index (κ3) is 3.75. The first kappa shape index (κ1) is 14.4. The van der Waals surface area contributed by atoms with Crippen molar-refractivity contribution in [2.24, 2.45) is 5.92 Å². The van der Waals surface area contributed by atoms with E-state index in [1.807, 2.05) is 0 Å². The van der Waals surface area contributed by atoms with Crippen molar-refractivity contribution < 1.29 is 18.0 Å². The minimum absolute atomic E-state index is 0.0223. The second-order valence-electron chi connectivity index (χ2n) is 4.80. The van der Waals surface area contributed by atoms with Gasteiger partial charge < -0.3 is 9.63 Å². The Bertz CT molecular complexity index is 514. The van der Waals surface area contributed by atoms with Gasteiger partial charge in [-0.05, 0) is 25.7 Å². The number of hydrogen-bond acceptors (Lipinski definition) is 5. The third-order valence-corrected chi connectivity index (χ3v) is 4.71. The highest BCUT2D eigenvalue weighted by Gasteiger charge is 2.28. The van der Waals surface area contributed by atoms with Gasteiger partial charge in [0, 0.05) is 25.8 Å². The van der Waals surface area contributed by atoms with Crippen LogP contribution in [0.15, 0.2) is 10.6 Å². The standard InChI is InChI=1S/C11H19N3O4S/c1-9-5-11(13-18-9)6-12-19(16,17)14-4-2-3-10(7-14)8-15/h5,10,12,15H,2-4,6-8H2,1H3. The molecule has 2 N–H and O–H groups in total. The number of hydrogen-bond donors (Lipinski definition) is 2. The van der Waals surface area contributed by atoms with Crippen molar-refractivity contribution in [1.82, 2.24) is 14.2 Å².